The number of hydrazine groups is 2. The molecular formula is C40H32N10O6S2. The van der Waals surface area contributed by atoms with Gasteiger partial charge in [0.1, 0.15) is 0 Å². The van der Waals surface area contributed by atoms with Gasteiger partial charge in [0.2, 0.25) is 0 Å². The zero-order chi connectivity index (χ0) is 40.9. The van der Waals surface area contributed by atoms with Crippen molar-refractivity contribution in [3.8, 4) is 0 Å². The fourth-order valence-corrected chi connectivity index (χ4v) is 6.76. The van der Waals surface area contributed by atoms with E-state index in [4.69, 9.17) is 24.4 Å². The number of anilines is 2. The number of non-ortho nitro benzene ring substituents is 2. The quantitative estimate of drug-likeness (QED) is 0.0411. The molecule has 8 N–H and O–H groups in total. The van der Waals surface area contributed by atoms with Gasteiger partial charge in [0.05, 0.1) is 9.85 Å². The molecule has 7 rings (SSSR count). The molecule has 18 heteroatoms. The summed E-state index contributed by atoms with van der Waals surface area (Å²) in [7, 11) is 0. The highest BCUT2D eigenvalue weighted by Crippen LogP contribution is 2.40. The van der Waals surface area contributed by atoms with E-state index < -0.39 is 21.7 Å². The number of hydrogen-bond acceptors (Lipinski definition) is 8. The number of nitro groups is 2. The fraction of sp³-hybridized carbons (Fsp3) is 0.0500. The standard InChI is InChI=1S/C40H32N10O6S2/c1-22-8-10-23(11-9-22)36(32-20-41-34-14-12-24(16-30(32)34)37(51)45-47-39(57)43-26-4-2-6-28(18-26)49(53)54)33-21-42-35-15-13-25(17-31(33)35)38(52)46-48-40(58)44-27-5-3-7-29(19-27)50(55)56/h2-21,36,41-42H,1H3,(H,45,51)(H,46,52)(H2,43,47,57)(H2,44,48,58). The van der Waals surface area contributed by atoms with Crippen molar-refractivity contribution in [3.63, 3.8) is 0 Å². The highest BCUT2D eigenvalue weighted by atomic mass is 32.1. The number of hydrogen-bond donors (Lipinski definition) is 8. The largest absolute Gasteiger partial charge is 0.361 e. The maximum absolute atomic E-state index is 13.4. The second-order valence-corrected chi connectivity index (χ2v) is 13.9. The number of amides is 2. The summed E-state index contributed by atoms with van der Waals surface area (Å²) in [5, 5.41) is 29.6. The van der Waals surface area contributed by atoms with Gasteiger partial charge < -0.3 is 20.6 Å². The average molecular weight is 813 g/mol. The van der Waals surface area contributed by atoms with Gasteiger partial charge in [-0.1, -0.05) is 42.0 Å². The van der Waals surface area contributed by atoms with Crippen molar-refractivity contribution in [1.82, 2.24) is 31.7 Å². The van der Waals surface area contributed by atoms with Gasteiger partial charge in [-0.2, -0.15) is 0 Å². The fourth-order valence-electron chi connectivity index (χ4n) is 6.42. The van der Waals surface area contributed by atoms with Crippen LogP contribution in [0.15, 0.2) is 122 Å². The van der Waals surface area contributed by atoms with Gasteiger partial charge in [-0.05, 0) is 96.6 Å². The lowest BCUT2D eigenvalue weighted by molar-refractivity contribution is -0.385. The molecule has 0 spiro atoms. The number of carbonyl (C=O) groups excluding carboxylic acids is 2. The van der Waals surface area contributed by atoms with Crippen molar-refractivity contribution in [2.45, 2.75) is 12.8 Å². The van der Waals surface area contributed by atoms with Crippen LogP contribution in [0.25, 0.3) is 21.8 Å². The monoisotopic (exact) mass is 812 g/mol. The third-order valence-corrected chi connectivity index (χ3v) is 9.60. The number of nitro benzene ring substituents is 2. The van der Waals surface area contributed by atoms with E-state index in [1.165, 1.54) is 36.4 Å². The maximum atomic E-state index is 13.4. The third kappa shape index (κ3) is 8.57. The summed E-state index contributed by atoms with van der Waals surface area (Å²) in [6, 6.07) is 30.3. The van der Waals surface area contributed by atoms with Gasteiger partial charge in [-0.15, -0.1) is 0 Å². The highest BCUT2D eigenvalue weighted by molar-refractivity contribution is 7.80. The van der Waals surface area contributed by atoms with Crippen molar-refractivity contribution in [1.29, 1.82) is 0 Å². The number of aryl methyl sites for hydroxylation is 1. The number of fused-ring (bicyclic) bond motifs is 2. The van der Waals surface area contributed by atoms with Crippen molar-refractivity contribution < 1.29 is 19.4 Å². The topological polar surface area (TPSA) is 224 Å². The Morgan fingerprint density at radius 1 is 0.603 bits per heavy atom. The lowest BCUT2D eigenvalue weighted by atomic mass is 9.84. The van der Waals surface area contributed by atoms with E-state index >= 15 is 0 Å². The SMILES string of the molecule is Cc1ccc(C(c2c[nH]c3ccc(C(=O)NNC(=S)Nc4cccc([N+](=O)[O-])c4)cc23)c2c[nH]c3ccc(C(=O)NNC(=S)Nc4cccc([N+](=O)[O-])c4)cc23)cc1. The van der Waals surface area contributed by atoms with Crippen LogP contribution in [-0.2, 0) is 0 Å². The molecule has 0 saturated carbocycles. The number of aromatic amines is 2. The van der Waals surface area contributed by atoms with Crippen molar-refractivity contribution in [2.24, 2.45) is 0 Å². The summed E-state index contributed by atoms with van der Waals surface area (Å²) >= 11 is 10.6. The first-order chi connectivity index (χ1) is 27.9. The summed E-state index contributed by atoms with van der Waals surface area (Å²) in [6.07, 6.45) is 3.81. The summed E-state index contributed by atoms with van der Waals surface area (Å²) < 4.78 is 0. The van der Waals surface area contributed by atoms with Gasteiger partial charge in [-0.3, -0.25) is 51.5 Å². The molecular weight excluding hydrogens is 781 g/mol. The van der Waals surface area contributed by atoms with Gasteiger partial charge in [0, 0.05) is 86.9 Å². The number of thiocarbonyl (C=S) groups is 2. The summed E-state index contributed by atoms with van der Waals surface area (Å²) in [5.41, 5.74) is 17.0. The molecule has 0 aliphatic carbocycles. The van der Waals surface area contributed by atoms with Crippen LogP contribution in [0.4, 0.5) is 22.7 Å². The molecule has 0 aliphatic heterocycles. The van der Waals surface area contributed by atoms with Crippen LogP contribution in [0, 0.1) is 27.2 Å². The molecule has 7 aromatic rings. The van der Waals surface area contributed by atoms with E-state index in [-0.39, 0.29) is 27.5 Å². The normalized spacial score (nSPS) is 10.9. The van der Waals surface area contributed by atoms with E-state index in [1.807, 2.05) is 55.7 Å². The average Bonchev–Trinajstić information content (AvgIpc) is 3.84. The van der Waals surface area contributed by atoms with Crippen LogP contribution in [0.5, 0.6) is 0 Å². The molecule has 0 fully saturated rings. The van der Waals surface area contributed by atoms with E-state index in [9.17, 15) is 29.8 Å². The minimum Gasteiger partial charge on any atom is -0.361 e. The second kappa shape index (κ2) is 16.6. The van der Waals surface area contributed by atoms with Gasteiger partial charge in [0.15, 0.2) is 10.2 Å². The number of nitrogens with one attached hydrogen (secondary N) is 8. The smallest absolute Gasteiger partial charge is 0.271 e. The van der Waals surface area contributed by atoms with Crippen molar-refractivity contribution in [2.75, 3.05) is 10.6 Å². The minimum atomic E-state index is -0.517. The number of aromatic nitrogens is 2. The molecule has 0 saturated heterocycles. The number of carbonyl (C=O) groups is 2. The zero-order valence-electron chi connectivity index (χ0n) is 30.3. The molecule has 16 nitrogen and oxygen atoms in total. The Morgan fingerprint density at radius 3 is 1.48 bits per heavy atom. The number of rotatable bonds is 9. The predicted molar refractivity (Wildman–Crippen MR) is 229 cm³/mol. The van der Waals surface area contributed by atoms with E-state index in [2.05, 4.69) is 42.3 Å². The lowest BCUT2D eigenvalue weighted by Gasteiger charge is -2.18. The molecule has 290 valence electrons. The maximum Gasteiger partial charge on any atom is 0.271 e. The Balaban J connectivity index is 1.13. The van der Waals surface area contributed by atoms with Crippen LogP contribution in [-0.4, -0.2) is 41.9 Å². The lowest BCUT2D eigenvalue weighted by Crippen LogP contribution is -2.43. The Kier molecular flexibility index (Phi) is 11.0. The molecule has 0 aliphatic rings. The molecule has 5 aromatic carbocycles. The Bertz CT molecular complexity index is 2600. The number of benzene rings is 5. The molecule has 2 aromatic heterocycles. The molecule has 0 atom stereocenters. The first-order valence-electron chi connectivity index (χ1n) is 17.5. The first kappa shape index (κ1) is 38.6. The molecule has 2 heterocycles. The summed E-state index contributed by atoms with van der Waals surface area (Å²) in [4.78, 5) is 54.7. The Hall–Kier alpha value is -7.70. The van der Waals surface area contributed by atoms with Gasteiger partial charge in [0.25, 0.3) is 23.2 Å². The van der Waals surface area contributed by atoms with Gasteiger partial charge >= 0.3 is 0 Å². The molecule has 58 heavy (non-hydrogen) atoms. The van der Waals surface area contributed by atoms with Crippen molar-refractivity contribution >= 4 is 91.0 Å². The minimum absolute atomic E-state index is 0.0275. The highest BCUT2D eigenvalue weighted by Gasteiger charge is 2.25. The van der Waals surface area contributed by atoms with Gasteiger partial charge in [-0.25, -0.2) is 0 Å². The molecule has 0 radical (unpaired) electrons. The zero-order valence-corrected chi connectivity index (χ0v) is 31.9. The Morgan fingerprint density at radius 2 is 1.05 bits per heavy atom. The van der Waals surface area contributed by atoms with Crippen LogP contribution in [0.2, 0.25) is 0 Å². The predicted octanol–water partition coefficient (Wildman–Crippen LogP) is 7.22. The van der Waals surface area contributed by atoms with Crippen LogP contribution >= 0.6 is 24.4 Å². The number of H-pyrrole nitrogens is 2. The summed E-state index contributed by atoms with van der Waals surface area (Å²) in [6.45, 7) is 2.00. The van der Waals surface area contributed by atoms with Crippen LogP contribution < -0.4 is 32.3 Å². The second-order valence-electron chi connectivity index (χ2n) is 13.0. The summed E-state index contributed by atoms with van der Waals surface area (Å²) in [5.74, 6) is -1.30. The molecule has 0 bridgehead atoms. The van der Waals surface area contributed by atoms with Crippen LogP contribution in [0.3, 0.4) is 0 Å². The first-order valence-corrected chi connectivity index (χ1v) is 18.3. The van der Waals surface area contributed by atoms with Crippen LogP contribution in [0.1, 0.15) is 48.9 Å². The van der Waals surface area contributed by atoms with E-state index in [1.54, 1.807) is 36.4 Å². The van der Waals surface area contributed by atoms with E-state index in [0.717, 1.165) is 44.1 Å². The Labute approximate surface area is 339 Å². The van der Waals surface area contributed by atoms with E-state index in [0.29, 0.717) is 22.5 Å². The number of nitrogens with zero attached hydrogens (tertiary/aromatic N) is 2. The third-order valence-electron chi connectivity index (χ3n) is 9.19. The molecule has 2 amide bonds. The van der Waals surface area contributed by atoms with Crippen molar-refractivity contribution in [3.05, 3.63) is 175 Å². The molecule has 0 unspecified atom stereocenters.